The molecule has 152 valence electrons. The molecule has 0 radical (unpaired) electrons. The van der Waals surface area contributed by atoms with Crippen LogP contribution in [0.2, 0.25) is 0 Å². The Kier molecular flexibility index (Phi) is 7.87. The average molecular weight is 404 g/mol. The quantitative estimate of drug-likeness (QED) is 0.417. The first-order valence-electron chi connectivity index (χ1n) is 9.27. The average Bonchev–Trinajstić information content (AvgIpc) is 2.65. The molecule has 0 unspecified atom stereocenters. The number of hydrogen-bond donors (Lipinski definition) is 1. The molecule has 0 aromatic heterocycles. The lowest BCUT2D eigenvalue weighted by Crippen LogP contribution is -2.38. The molecule has 0 atom stereocenters. The van der Waals surface area contributed by atoms with Gasteiger partial charge < -0.3 is 15.0 Å². The zero-order chi connectivity index (χ0) is 20.6. The third kappa shape index (κ3) is 6.88. The summed E-state index contributed by atoms with van der Waals surface area (Å²) in [5, 5.41) is 3.29. The summed E-state index contributed by atoms with van der Waals surface area (Å²) in [5.41, 5.74) is 2.47. The van der Waals surface area contributed by atoms with Crippen molar-refractivity contribution in [3.8, 4) is 5.75 Å². The first-order valence-corrected chi connectivity index (χ1v) is 11.2. The molecule has 0 spiro atoms. The highest BCUT2D eigenvalue weighted by molar-refractivity contribution is 7.90. The second kappa shape index (κ2) is 10.1. The molecule has 6 nitrogen and oxygen atoms in total. The van der Waals surface area contributed by atoms with Crippen LogP contribution in [-0.4, -0.2) is 52.3 Å². The minimum Gasteiger partial charge on any atom is -0.492 e. The molecule has 0 saturated heterocycles. The Balaban J connectivity index is 1.90. The fraction of sp³-hybridized carbons (Fsp3) is 0.381. The van der Waals surface area contributed by atoms with E-state index in [1.807, 2.05) is 14.0 Å². The monoisotopic (exact) mass is 403 g/mol. The number of rotatable bonds is 8. The molecule has 0 saturated carbocycles. The van der Waals surface area contributed by atoms with Crippen molar-refractivity contribution in [2.75, 3.05) is 33.0 Å². The van der Waals surface area contributed by atoms with Crippen LogP contribution in [0.5, 0.6) is 5.75 Å². The SMILES string of the molecule is CCNC(=NCCOc1ccc(S(C)(=O)=O)cc1)N(C)Cc1ccc(C)cc1. The summed E-state index contributed by atoms with van der Waals surface area (Å²) in [6, 6.07) is 14.9. The van der Waals surface area contributed by atoms with Crippen molar-refractivity contribution in [2.45, 2.75) is 25.3 Å². The van der Waals surface area contributed by atoms with Crippen LogP contribution in [0, 0.1) is 6.92 Å². The van der Waals surface area contributed by atoms with E-state index < -0.39 is 9.84 Å². The van der Waals surface area contributed by atoms with Crippen molar-refractivity contribution in [2.24, 2.45) is 4.99 Å². The number of sulfone groups is 1. The number of benzene rings is 2. The van der Waals surface area contributed by atoms with Crippen molar-refractivity contribution < 1.29 is 13.2 Å². The third-order valence-electron chi connectivity index (χ3n) is 4.11. The van der Waals surface area contributed by atoms with E-state index in [2.05, 4.69) is 46.4 Å². The Morgan fingerprint density at radius 2 is 1.75 bits per heavy atom. The first kappa shape index (κ1) is 21.8. The summed E-state index contributed by atoms with van der Waals surface area (Å²) >= 11 is 0. The lowest BCUT2D eigenvalue weighted by Gasteiger charge is -2.22. The van der Waals surface area contributed by atoms with Crippen LogP contribution in [0.3, 0.4) is 0 Å². The van der Waals surface area contributed by atoms with Crippen LogP contribution in [0.15, 0.2) is 58.4 Å². The highest BCUT2D eigenvalue weighted by Gasteiger charge is 2.08. The molecule has 0 bridgehead atoms. The van der Waals surface area contributed by atoms with E-state index in [0.717, 1.165) is 19.0 Å². The Morgan fingerprint density at radius 1 is 1.11 bits per heavy atom. The molecule has 28 heavy (non-hydrogen) atoms. The summed E-state index contributed by atoms with van der Waals surface area (Å²) < 4.78 is 28.6. The van der Waals surface area contributed by atoms with Gasteiger partial charge in [0.15, 0.2) is 15.8 Å². The number of aryl methyl sites for hydroxylation is 1. The van der Waals surface area contributed by atoms with Gasteiger partial charge in [0.05, 0.1) is 11.4 Å². The summed E-state index contributed by atoms with van der Waals surface area (Å²) in [6.45, 7) is 6.56. The molecule has 1 N–H and O–H groups in total. The minimum atomic E-state index is -3.19. The van der Waals surface area contributed by atoms with Crippen molar-refractivity contribution in [3.05, 3.63) is 59.7 Å². The number of ether oxygens (including phenoxy) is 1. The lowest BCUT2D eigenvalue weighted by atomic mass is 10.1. The molecule has 7 heteroatoms. The molecule has 2 rings (SSSR count). The van der Waals surface area contributed by atoms with E-state index >= 15 is 0 Å². The molecule has 0 aliphatic heterocycles. The zero-order valence-corrected chi connectivity index (χ0v) is 17.8. The van der Waals surface area contributed by atoms with Gasteiger partial charge in [-0.25, -0.2) is 13.4 Å². The topological polar surface area (TPSA) is 71.0 Å². The van der Waals surface area contributed by atoms with Gasteiger partial charge in [-0.2, -0.15) is 0 Å². The summed E-state index contributed by atoms with van der Waals surface area (Å²) in [6.07, 6.45) is 1.19. The highest BCUT2D eigenvalue weighted by atomic mass is 32.2. The normalized spacial score (nSPS) is 11.9. The van der Waals surface area contributed by atoms with Crippen molar-refractivity contribution in [3.63, 3.8) is 0 Å². The van der Waals surface area contributed by atoms with Crippen LogP contribution in [-0.2, 0) is 16.4 Å². The molecule has 2 aromatic carbocycles. The zero-order valence-electron chi connectivity index (χ0n) is 17.0. The Morgan fingerprint density at radius 3 is 2.32 bits per heavy atom. The van der Waals surface area contributed by atoms with E-state index in [9.17, 15) is 8.42 Å². The number of aliphatic imine (C=N–C) groups is 1. The maximum atomic E-state index is 11.5. The summed E-state index contributed by atoms with van der Waals surface area (Å²) in [7, 11) is -1.19. The fourth-order valence-electron chi connectivity index (χ4n) is 2.61. The molecule has 2 aromatic rings. The van der Waals surface area contributed by atoms with Gasteiger partial charge in [-0.15, -0.1) is 0 Å². The van der Waals surface area contributed by atoms with E-state index in [4.69, 9.17) is 4.74 Å². The smallest absolute Gasteiger partial charge is 0.194 e. The van der Waals surface area contributed by atoms with Gasteiger partial charge in [0.25, 0.3) is 0 Å². The summed E-state index contributed by atoms with van der Waals surface area (Å²) in [4.78, 5) is 6.97. The van der Waals surface area contributed by atoms with Gasteiger partial charge in [0.2, 0.25) is 0 Å². The number of nitrogens with zero attached hydrogens (tertiary/aromatic N) is 2. The molecular formula is C21H29N3O3S. The van der Waals surface area contributed by atoms with Crippen LogP contribution < -0.4 is 10.1 Å². The second-order valence-corrected chi connectivity index (χ2v) is 8.69. The Hall–Kier alpha value is -2.54. The third-order valence-corrected chi connectivity index (χ3v) is 5.24. The lowest BCUT2D eigenvalue weighted by molar-refractivity contribution is 0.327. The number of hydrogen-bond acceptors (Lipinski definition) is 4. The van der Waals surface area contributed by atoms with Gasteiger partial charge in [0, 0.05) is 26.4 Å². The molecule has 0 fully saturated rings. The van der Waals surface area contributed by atoms with Gasteiger partial charge in [-0.1, -0.05) is 29.8 Å². The van der Waals surface area contributed by atoms with Gasteiger partial charge in [-0.05, 0) is 43.7 Å². The van der Waals surface area contributed by atoms with Gasteiger partial charge in [-0.3, -0.25) is 0 Å². The molecule has 0 aliphatic carbocycles. The predicted molar refractivity (Wildman–Crippen MR) is 114 cm³/mol. The Labute approximate surface area is 168 Å². The van der Waals surface area contributed by atoms with Gasteiger partial charge >= 0.3 is 0 Å². The largest absolute Gasteiger partial charge is 0.492 e. The Bertz CT molecular complexity index is 876. The van der Waals surface area contributed by atoms with Crippen molar-refractivity contribution in [1.29, 1.82) is 0 Å². The molecule has 0 amide bonds. The predicted octanol–water partition coefficient (Wildman–Crippen LogP) is 2.87. The molecule has 0 heterocycles. The van der Waals surface area contributed by atoms with Crippen LogP contribution in [0.25, 0.3) is 0 Å². The second-order valence-electron chi connectivity index (χ2n) is 6.67. The van der Waals surface area contributed by atoms with Crippen molar-refractivity contribution in [1.82, 2.24) is 10.2 Å². The van der Waals surface area contributed by atoms with Crippen LogP contribution in [0.1, 0.15) is 18.1 Å². The maximum Gasteiger partial charge on any atom is 0.194 e. The summed E-state index contributed by atoms with van der Waals surface area (Å²) in [5.74, 6) is 1.44. The number of nitrogens with one attached hydrogen (secondary N) is 1. The highest BCUT2D eigenvalue weighted by Crippen LogP contribution is 2.15. The van der Waals surface area contributed by atoms with Gasteiger partial charge in [0.1, 0.15) is 12.4 Å². The molecular weight excluding hydrogens is 374 g/mol. The van der Waals surface area contributed by atoms with Crippen LogP contribution >= 0.6 is 0 Å². The molecule has 0 aliphatic rings. The van der Waals surface area contributed by atoms with Crippen LogP contribution in [0.4, 0.5) is 0 Å². The van der Waals surface area contributed by atoms with E-state index in [0.29, 0.717) is 18.9 Å². The van der Waals surface area contributed by atoms with Crippen molar-refractivity contribution >= 4 is 15.8 Å². The van der Waals surface area contributed by atoms with E-state index in [-0.39, 0.29) is 4.90 Å². The maximum absolute atomic E-state index is 11.5. The number of guanidine groups is 1. The standard InChI is InChI=1S/C21H29N3O3S/c1-5-22-21(24(3)16-18-8-6-17(2)7-9-18)23-14-15-27-19-10-12-20(13-11-19)28(4,25)26/h6-13H,5,14-16H2,1-4H3,(H,22,23). The van der Waals surface area contributed by atoms with E-state index in [1.54, 1.807) is 24.3 Å². The fourth-order valence-corrected chi connectivity index (χ4v) is 3.24. The first-order chi connectivity index (χ1) is 13.3. The minimum absolute atomic E-state index is 0.282. The van der Waals surface area contributed by atoms with E-state index in [1.165, 1.54) is 17.4 Å².